The summed E-state index contributed by atoms with van der Waals surface area (Å²) in [7, 11) is 3.95. The maximum atomic E-state index is 11.7. The van der Waals surface area contributed by atoms with Gasteiger partial charge in [0.15, 0.2) is 0 Å². The van der Waals surface area contributed by atoms with E-state index in [9.17, 15) is 4.79 Å². The fourth-order valence-electron chi connectivity index (χ4n) is 1.93. The normalized spacial score (nSPS) is 10.4. The molecule has 122 valence electrons. The van der Waals surface area contributed by atoms with E-state index in [1.165, 1.54) is 0 Å². The van der Waals surface area contributed by atoms with Crippen LogP contribution >= 0.6 is 0 Å². The van der Waals surface area contributed by atoms with Gasteiger partial charge in [-0.15, -0.1) is 0 Å². The summed E-state index contributed by atoms with van der Waals surface area (Å²) in [6.45, 7) is 1.74. The molecule has 0 aliphatic carbocycles. The largest absolute Gasteiger partial charge is 0.457 e. The van der Waals surface area contributed by atoms with E-state index in [0.717, 1.165) is 23.7 Å². The summed E-state index contributed by atoms with van der Waals surface area (Å²) in [5, 5.41) is 5.95. The Balaban J connectivity index is 1.75. The molecule has 0 bridgehead atoms. The molecule has 2 aromatic rings. The fraction of sp³-hybridized carbons (Fsp3) is 0.278. The molecule has 5 heteroatoms. The molecule has 0 radical (unpaired) electrons. The highest BCUT2D eigenvalue weighted by Gasteiger charge is 2.02. The highest BCUT2D eigenvalue weighted by atomic mass is 16.5. The summed E-state index contributed by atoms with van der Waals surface area (Å²) >= 11 is 0. The average Bonchev–Trinajstić information content (AvgIpc) is 2.55. The van der Waals surface area contributed by atoms with Crippen LogP contribution in [0.4, 0.5) is 5.69 Å². The number of nitrogens with one attached hydrogen (secondary N) is 2. The number of hydrogen-bond acceptors (Lipinski definition) is 4. The van der Waals surface area contributed by atoms with Gasteiger partial charge < -0.3 is 20.3 Å². The second kappa shape index (κ2) is 8.80. The van der Waals surface area contributed by atoms with E-state index in [0.29, 0.717) is 6.54 Å². The SMILES string of the molecule is CN(C)CCNC(=O)CNc1ccc(Oc2ccccc2)cc1. The van der Waals surface area contributed by atoms with E-state index in [-0.39, 0.29) is 12.5 Å². The van der Waals surface area contributed by atoms with Gasteiger partial charge in [0.2, 0.25) is 5.91 Å². The molecule has 0 unspecified atom stereocenters. The molecule has 2 aromatic carbocycles. The number of benzene rings is 2. The Morgan fingerprint density at radius 1 is 1.00 bits per heavy atom. The van der Waals surface area contributed by atoms with E-state index < -0.39 is 0 Å². The zero-order valence-corrected chi connectivity index (χ0v) is 13.6. The minimum atomic E-state index is -0.0172. The number of rotatable bonds is 8. The lowest BCUT2D eigenvalue weighted by Gasteiger charge is -2.11. The standard InChI is InChI=1S/C18H23N3O2/c1-21(2)13-12-19-18(22)14-20-15-8-10-17(11-9-15)23-16-6-4-3-5-7-16/h3-11,20H,12-14H2,1-2H3,(H,19,22). The van der Waals surface area contributed by atoms with Crippen molar-refractivity contribution in [2.75, 3.05) is 39.0 Å². The maximum Gasteiger partial charge on any atom is 0.239 e. The lowest BCUT2D eigenvalue weighted by atomic mass is 10.3. The van der Waals surface area contributed by atoms with Crippen LogP contribution in [0.5, 0.6) is 11.5 Å². The predicted octanol–water partition coefficient (Wildman–Crippen LogP) is 2.57. The first kappa shape index (κ1) is 16.8. The third kappa shape index (κ3) is 6.40. The third-order valence-corrected chi connectivity index (χ3v) is 3.17. The summed E-state index contributed by atoms with van der Waals surface area (Å²) in [6.07, 6.45) is 0. The number of carbonyl (C=O) groups is 1. The van der Waals surface area contributed by atoms with Gasteiger partial charge in [0.25, 0.3) is 0 Å². The van der Waals surface area contributed by atoms with Crippen LogP contribution in [0.15, 0.2) is 54.6 Å². The van der Waals surface area contributed by atoms with Gasteiger partial charge in [-0.05, 0) is 50.5 Å². The first-order valence-electron chi connectivity index (χ1n) is 7.62. The van der Waals surface area contributed by atoms with Gasteiger partial charge in [0, 0.05) is 18.8 Å². The third-order valence-electron chi connectivity index (χ3n) is 3.17. The van der Waals surface area contributed by atoms with Crippen molar-refractivity contribution in [3.8, 4) is 11.5 Å². The summed E-state index contributed by atoms with van der Waals surface area (Å²) < 4.78 is 5.72. The van der Waals surface area contributed by atoms with E-state index in [1.54, 1.807) is 0 Å². The molecule has 0 spiro atoms. The van der Waals surface area contributed by atoms with E-state index in [4.69, 9.17) is 4.74 Å². The molecule has 1 amide bonds. The van der Waals surface area contributed by atoms with Crippen molar-refractivity contribution in [1.82, 2.24) is 10.2 Å². The minimum absolute atomic E-state index is 0.0172. The lowest BCUT2D eigenvalue weighted by Crippen LogP contribution is -2.34. The Bertz CT molecular complexity index is 597. The van der Waals surface area contributed by atoms with Crippen molar-refractivity contribution in [3.63, 3.8) is 0 Å². The molecule has 2 rings (SSSR count). The number of ether oxygens (including phenoxy) is 1. The fourth-order valence-corrected chi connectivity index (χ4v) is 1.93. The van der Waals surface area contributed by atoms with Crippen LogP contribution in [0.25, 0.3) is 0 Å². The topological polar surface area (TPSA) is 53.6 Å². The van der Waals surface area contributed by atoms with Gasteiger partial charge in [0.1, 0.15) is 11.5 Å². The first-order valence-corrected chi connectivity index (χ1v) is 7.62. The van der Waals surface area contributed by atoms with Crippen LogP contribution < -0.4 is 15.4 Å². The monoisotopic (exact) mass is 313 g/mol. The van der Waals surface area contributed by atoms with Crippen LogP contribution in [-0.2, 0) is 4.79 Å². The molecule has 5 nitrogen and oxygen atoms in total. The zero-order chi connectivity index (χ0) is 16.5. The number of para-hydroxylation sites is 1. The molecule has 0 aliphatic heterocycles. The van der Waals surface area contributed by atoms with Crippen LogP contribution in [0.1, 0.15) is 0 Å². The second-order valence-corrected chi connectivity index (χ2v) is 5.45. The van der Waals surface area contributed by atoms with Gasteiger partial charge >= 0.3 is 0 Å². The van der Waals surface area contributed by atoms with E-state index >= 15 is 0 Å². The molecule has 0 saturated carbocycles. The van der Waals surface area contributed by atoms with Crippen LogP contribution in [-0.4, -0.2) is 44.5 Å². The van der Waals surface area contributed by atoms with Crippen molar-refractivity contribution in [1.29, 1.82) is 0 Å². The number of likely N-dealkylation sites (N-methyl/N-ethyl adjacent to an activating group) is 1. The van der Waals surface area contributed by atoms with Gasteiger partial charge in [0.05, 0.1) is 6.54 Å². The summed E-state index contributed by atoms with van der Waals surface area (Å²) in [6, 6.07) is 17.2. The molecule has 0 fully saturated rings. The van der Waals surface area contributed by atoms with E-state index in [2.05, 4.69) is 10.6 Å². The van der Waals surface area contributed by atoms with Crippen molar-refractivity contribution >= 4 is 11.6 Å². The molecule has 0 atom stereocenters. The molecular weight excluding hydrogens is 290 g/mol. The summed E-state index contributed by atoms with van der Waals surface area (Å²) in [5.41, 5.74) is 0.883. The van der Waals surface area contributed by atoms with Crippen LogP contribution in [0, 0.1) is 0 Å². The number of carbonyl (C=O) groups excluding carboxylic acids is 1. The highest BCUT2D eigenvalue weighted by molar-refractivity contribution is 5.80. The smallest absolute Gasteiger partial charge is 0.239 e. The molecule has 0 saturated heterocycles. The average molecular weight is 313 g/mol. The Morgan fingerprint density at radius 3 is 2.30 bits per heavy atom. The Labute approximate surface area is 137 Å². The molecule has 0 heterocycles. The molecule has 2 N–H and O–H groups in total. The Morgan fingerprint density at radius 2 is 1.65 bits per heavy atom. The van der Waals surface area contributed by atoms with Crippen LogP contribution in [0.3, 0.4) is 0 Å². The van der Waals surface area contributed by atoms with E-state index in [1.807, 2.05) is 73.6 Å². The predicted molar refractivity (Wildman–Crippen MR) is 93.0 cm³/mol. The maximum absolute atomic E-state index is 11.7. The van der Waals surface area contributed by atoms with Crippen molar-refractivity contribution in [3.05, 3.63) is 54.6 Å². The van der Waals surface area contributed by atoms with Gasteiger partial charge in [-0.1, -0.05) is 18.2 Å². The second-order valence-electron chi connectivity index (χ2n) is 5.45. The highest BCUT2D eigenvalue weighted by Crippen LogP contribution is 2.22. The van der Waals surface area contributed by atoms with Crippen molar-refractivity contribution in [2.24, 2.45) is 0 Å². The molecule has 0 aromatic heterocycles. The van der Waals surface area contributed by atoms with Gasteiger partial charge in [-0.3, -0.25) is 4.79 Å². The van der Waals surface area contributed by atoms with Crippen molar-refractivity contribution < 1.29 is 9.53 Å². The first-order chi connectivity index (χ1) is 11.1. The Kier molecular flexibility index (Phi) is 6.44. The minimum Gasteiger partial charge on any atom is -0.457 e. The number of hydrogen-bond donors (Lipinski definition) is 2. The lowest BCUT2D eigenvalue weighted by molar-refractivity contribution is -0.119. The molecule has 23 heavy (non-hydrogen) atoms. The molecule has 0 aliphatic rings. The van der Waals surface area contributed by atoms with Gasteiger partial charge in [-0.25, -0.2) is 0 Å². The zero-order valence-electron chi connectivity index (χ0n) is 13.6. The number of amides is 1. The summed E-state index contributed by atoms with van der Waals surface area (Å²) in [4.78, 5) is 13.7. The number of nitrogens with zero attached hydrogens (tertiary/aromatic N) is 1. The van der Waals surface area contributed by atoms with Gasteiger partial charge in [-0.2, -0.15) is 0 Å². The number of anilines is 1. The molecular formula is C18H23N3O2. The summed E-state index contributed by atoms with van der Waals surface area (Å²) in [5.74, 6) is 1.54. The Hall–Kier alpha value is -2.53. The quantitative estimate of drug-likeness (QED) is 0.786. The van der Waals surface area contributed by atoms with Crippen LogP contribution in [0.2, 0.25) is 0 Å². The van der Waals surface area contributed by atoms with Crippen molar-refractivity contribution in [2.45, 2.75) is 0 Å².